The van der Waals surface area contributed by atoms with Gasteiger partial charge in [-0.15, -0.1) is 0 Å². The van der Waals surface area contributed by atoms with Gasteiger partial charge in [-0.25, -0.2) is 0 Å². The molecule has 0 atom stereocenters. The van der Waals surface area contributed by atoms with Crippen LogP contribution in [0.5, 0.6) is 11.5 Å². The minimum Gasteiger partial charge on any atom is -0.488 e. The van der Waals surface area contributed by atoms with E-state index in [1.54, 1.807) is 0 Å². The van der Waals surface area contributed by atoms with E-state index in [9.17, 15) is 0 Å². The zero-order valence-electron chi connectivity index (χ0n) is 18.5. The van der Waals surface area contributed by atoms with Gasteiger partial charge in [0.15, 0.2) is 0 Å². The van der Waals surface area contributed by atoms with Gasteiger partial charge in [0.05, 0.1) is 0 Å². The van der Waals surface area contributed by atoms with Crippen LogP contribution in [0.15, 0.2) is 48.5 Å². The molecule has 0 bridgehead atoms. The first-order chi connectivity index (χ1) is 13.1. The van der Waals surface area contributed by atoms with E-state index in [0.29, 0.717) is 0 Å². The Balaban J connectivity index is 1.91. The van der Waals surface area contributed by atoms with E-state index >= 15 is 0 Å². The number of benzene rings is 2. The summed E-state index contributed by atoms with van der Waals surface area (Å²) in [5.41, 5.74) is 2.55. The Hall–Kier alpha value is -1.96. The third-order valence-corrected chi connectivity index (χ3v) is 5.37. The maximum atomic E-state index is 6.03. The van der Waals surface area contributed by atoms with Crippen LogP contribution in [0.1, 0.15) is 84.8 Å². The summed E-state index contributed by atoms with van der Waals surface area (Å²) in [6.07, 6.45) is 6.29. The predicted molar refractivity (Wildman–Crippen MR) is 118 cm³/mol. The van der Waals surface area contributed by atoms with Crippen LogP contribution in [0.2, 0.25) is 0 Å². The fourth-order valence-corrected chi connectivity index (χ4v) is 4.29. The molecule has 0 radical (unpaired) electrons. The van der Waals surface area contributed by atoms with Gasteiger partial charge in [-0.2, -0.15) is 0 Å². The van der Waals surface area contributed by atoms with E-state index in [2.05, 4.69) is 90.1 Å². The second-order valence-electron chi connectivity index (χ2n) is 10.1. The Morgan fingerprint density at radius 2 is 0.929 bits per heavy atom. The zero-order chi connectivity index (χ0) is 20.4. The van der Waals surface area contributed by atoms with Crippen LogP contribution in [0.4, 0.5) is 0 Å². The largest absolute Gasteiger partial charge is 0.488 e. The van der Waals surface area contributed by atoms with Crippen molar-refractivity contribution in [3.63, 3.8) is 0 Å². The van der Waals surface area contributed by atoms with E-state index in [4.69, 9.17) is 9.47 Å². The third kappa shape index (κ3) is 5.10. The normalized spacial score (nSPS) is 17.2. The summed E-state index contributed by atoms with van der Waals surface area (Å²) in [5, 5.41) is 0. The van der Waals surface area contributed by atoms with Crippen molar-refractivity contribution in [3.05, 3.63) is 59.7 Å². The molecule has 0 unspecified atom stereocenters. The molecule has 0 aliphatic heterocycles. The van der Waals surface area contributed by atoms with Gasteiger partial charge in [-0.05, 0) is 89.8 Å². The second kappa shape index (κ2) is 7.81. The fourth-order valence-electron chi connectivity index (χ4n) is 4.29. The van der Waals surface area contributed by atoms with Crippen LogP contribution in [-0.2, 0) is 5.41 Å². The maximum Gasteiger partial charge on any atom is 0.120 e. The Kier molecular flexibility index (Phi) is 5.79. The lowest BCUT2D eigenvalue weighted by Crippen LogP contribution is -2.30. The minimum absolute atomic E-state index is 0.0960. The molecule has 2 nitrogen and oxygen atoms in total. The first kappa shape index (κ1) is 20.8. The van der Waals surface area contributed by atoms with E-state index in [-0.39, 0.29) is 16.6 Å². The third-order valence-electron chi connectivity index (χ3n) is 5.37. The zero-order valence-corrected chi connectivity index (χ0v) is 18.5. The molecule has 2 aromatic carbocycles. The van der Waals surface area contributed by atoms with Gasteiger partial charge < -0.3 is 9.47 Å². The number of ether oxygens (including phenoxy) is 2. The highest BCUT2D eigenvalue weighted by Crippen LogP contribution is 2.45. The number of rotatable bonds is 4. The molecule has 0 heterocycles. The topological polar surface area (TPSA) is 18.5 Å². The lowest BCUT2D eigenvalue weighted by Gasteiger charge is -2.39. The molecule has 1 aliphatic rings. The first-order valence-electron chi connectivity index (χ1n) is 10.7. The quantitative estimate of drug-likeness (QED) is 0.554. The molecule has 152 valence electrons. The fraction of sp³-hybridized carbons (Fsp3) is 0.538. The Labute approximate surface area is 171 Å². The number of hydrogen-bond acceptors (Lipinski definition) is 2. The summed E-state index contributed by atoms with van der Waals surface area (Å²) in [5.74, 6) is 1.88. The summed E-state index contributed by atoms with van der Waals surface area (Å²) in [4.78, 5) is 0. The summed E-state index contributed by atoms with van der Waals surface area (Å²) >= 11 is 0. The summed E-state index contributed by atoms with van der Waals surface area (Å²) in [6.45, 7) is 12.5. The van der Waals surface area contributed by atoms with Crippen LogP contribution in [-0.4, -0.2) is 11.2 Å². The van der Waals surface area contributed by atoms with Crippen LogP contribution in [0.3, 0.4) is 0 Å². The summed E-state index contributed by atoms with van der Waals surface area (Å²) < 4.78 is 12.1. The van der Waals surface area contributed by atoms with Crippen molar-refractivity contribution in [1.82, 2.24) is 0 Å². The van der Waals surface area contributed by atoms with E-state index in [0.717, 1.165) is 11.5 Å². The van der Waals surface area contributed by atoms with E-state index < -0.39 is 0 Å². The monoisotopic (exact) mass is 380 g/mol. The standard InChI is InChI=1S/C26H36O2/c1-24(2,3)27-22-14-10-20(11-15-22)26(18-8-7-9-19-26)21-12-16-23(17-13-21)28-25(4,5)6/h10-17H,7-9,18-19H2,1-6H3. The van der Waals surface area contributed by atoms with Gasteiger partial charge in [0.25, 0.3) is 0 Å². The van der Waals surface area contributed by atoms with Crippen molar-refractivity contribution in [3.8, 4) is 11.5 Å². The Morgan fingerprint density at radius 1 is 0.571 bits per heavy atom. The molecule has 3 rings (SSSR count). The van der Waals surface area contributed by atoms with Crippen molar-refractivity contribution in [1.29, 1.82) is 0 Å². The molecule has 28 heavy (non-hydrogen) atoms. The molecule has 0 amide bonds. The maximum absolute atomic E-state index is 6.03. The van der Waals surface area contributed by atoms with Crippen LogP contribution in [0.25, 0.3) is 0 Å². The Bertz CT molecular complexity index is 691. The van der Waals surface area contributed by atoms with E-state index in [1.807, 2.05) is 0 Å². The molecule has 0 aromatic heterocycles. The lowest BCUT2D eigenvalue weighted by molar-refractivity contribution is 0.130. The van der Waals surface area contributed by atoms with Crippen molar-refractivity contribution < 1.29 is 9.47 Å². The molecule has 1 aliphatic carbocycles. The molecular weight excluding hydrogens is 344 g/mol. The highest BCUT2D eigenvalue weighted by atomic mass is 16.5. The summed E-state index contributed by atoms with van der Waals surface area (Å²) in [6, 6.07) is 17.6. The Morgan fingerprint density at radius 3 is 1.25 bits per heavy atom. The van der Waals surface area contributed by atoms with Gasteiger partial charge in [0.2, 0.25) is 0 Å². The van der Waals surface area contributed by atoms with Gasteiger partial charge in [0.1, 0.15) is 22.7 Å². The molecule has 0 saturated heterocycles. The first-order valence-corrected chi connectivity index (χ1v) is 10.7. The lowest BCUT2D eigenvalue weighted by atomic mass is 9.65. The van der Waals surface area contributed by atoms with Gasteiger partial charge in [-0.3, -0.25) is 0 Å². The predicted octanol–water partition coefficient (Wildman–Crippen LogP) is 7.29. The summed E-state index contributed by atoms with van der Waals surface area (Å²) in [7, 11) is 0. The molecule has 2 aromatic rings. The van der Waals surface area contributed by atoms with Gasteiger partial charge in [0, 0.05) is 5.41 Å². The van der Waals surface area contributed by atoms with Gasteiger partial charge in [-0.1, -0.05) is 43.5 Å². The highest BCUT2D eigenvalue weighted by Gasteiger charge is 2.35. The average molecular weight is 381 g/mol. The average Bonchev–Trinajstić information content (AvgIpc) is 2.61. The molecular formula is C26H36O2. The van der Waals surface area contributed by atoms with Crippen LogP contribution >= 0.6 is 0 Å². The molecule has 2 heteroatoms. The smallest absolute Gasteiger partial charge is 0.120 e. The van der Waals surface area contributed by atoms with E-state index in [1.165, 1.54) is 43.2 Å². The molecule has 1 fully saturated rings. The molecule has 0 spiro atoms. The van der Waals surface area contributed by atoms with Crippen LogP contribution in [0, 0.1) is 0 Å². The van der Waals surface area contributed by atoms with Crippen molar-refractivity contribution in [2.24, 2.45) is 0 Å². The van der Waals surface area contributed by atoms with Crippen molar-refractivity contribution in [2.45, 2.75) is 90.3 Å². The van der Waals surface area contributed by atoms with Gasteiger partial charge >= 0.3 is 0 Å². The van der Waals surface area contributed by atoms with Crippen molar-refractivity contribution in [2.75, 3.05) is 0 Å². The molecule has 1 saturated carbocycles. The number of hydrogen-bond donors (Lipinski definition) is 0. The SMILES string of the molecule is CC(C)(C)Oc1ccc(C2(c3ccc(OC(C)(C)C)cc3)CCCCC2)cc1. The highest BCUT2D eigenvalue weighted by molar-refractivity contribution is 5.44. The minimum atomic E-state index is -0.174. The van der Waals surface area contributed by atoms with Crippen molar-refractivity contribution >= 4 is 0 Å². The molecule has 0 N–H and O–H groups in total. The second-order valence-corrected chi connectivity index (χ2v) is 10.1. The van der Waals surface area contributed by atoms with Crippen LogP contribution < -0.4 is 9.47 Å².